The third-order valence-corrected chi connectivity index (χ3v) is 3.31. The van der Waals surface area contributed by atoms with Crippen LogP contribution in [0, 0.1) is 5.82 Å². The summed E-state index contributed by atoms with van der Waals surface area (Å²) in [5.74, 6) is -0.268. The van der Waals surface area contributed by atoms with Crippen LogP contribution in [0.2, 0.25) is 0 Å². The molecule has 22 heavy (non-hydrogen) atoms. The highest BCUT2D eigenvalue weighted by atomic mass is 19.1. The van der Waals surface area contributed by atoms with Crippen LogP contribution in [0.25, 0.3) is 0 Å². The van der Waals surface area contributed by atoms with Crippen LogP contribution in [0.1, 0.15) is 24.2 Å². The summed E-state index contributed by atoms with van der Waals surface area (Å²) < 4.78 is 13.5. The quantitative estimate of drug-likeness (QED) is 0.587. The fourth-order valence-corrected chi connectivity index (χ4v) is 2.08. The zero-order valence-corrected chi connectivity index (χ0v) is 12.5. The van der Waals surface area contributed by atoms with Crippen molar-refractivity contribution < 1.29 is 9.50 Å². The maximum atomic E-state index is 13.5. The summed E-state index contributed by atoms with van der Waals surface area (Å²) in [4.78, 5) is 4.06. The highest BCUT2D eigenvalue weighted by Crippen LogP contribution is 2.17. The van der Waals surface area contributed by atoms with Gasteiger partial charge in [0.25, 0.3) is 0 Å². The van der Waals surface area contributed by atoms with Crippen LogP contribution in [0.3, 0.4) is 0 Å². The van der Waals surface area contributed by atoms with Crippen LogP contribution in [-0.2, 0) is 6.42 Å². The molecule has 0 aliphatic carbocycles. The molecule has 0 radical (unpaired) electrons. The highest BCUT2D eigenvalue weighted by molar-refractivity contribution is 5.92. The first-order valence-electron chi connectivity index (χ1n) is 7.18. The molecule has 0 heterocycles. The van der Waals surface area contributed by atoms with Crippen molar-refractivity contribution in [1.29, 1.82) is 0 Å². The Morgan fingerprint density at radius 2 is 2.05 bits per heavy atom. The standard InChI is InChI=1S/C17H20FN3O/c1-2-12-6-5-7-13(10-12)21-17(19)20-11-16(22)14-8-3-4-9-15(14)18/h3-10,16,22H,2,11H2,1H3,(H3,19,20,21). The van der Waals surface area contributed by atoms with Crippen LogP contribution in [0.15, 0.2) is 53.5 Å². The fraction of sp³-hybridized carbons (Fsp3) is 0.235. The molecule has 0 fully saturated rings. The van der Waals surface area contributed by atoms with Gasteiger partial charge in [0.1, 0.15) is 11.9 Å². The van der Waals surface area contributed by atoms with E-state index in [1.54, 1.807) is 12.1 Å². The lowest BCUT2D eigenvalue weighted by Gasteiger charge is -2.11. The van der Waals surface area contributed by atoms with E-state index in [1.807, 2.05) is 24.3 Å². The molecule has 1 unspecified atom stereocenters. The molecule has 0 aliphatic heterocycles. The number of hydrogen-bond acceptors (Lipinski definition) is 2. The van der Waals surface area contributed by atoms with Crippen LogP contribution in [0.4, 0.5) is 10.1 Å². The van der Waals surface area contributed by atoms with Crippen molar-refractivity contribution in [3.8, 4) is 0 Å². The van der Waals surface area contributed by atoms with Crippen LogP contribution in [0.5, 0.6) is 0 Å². The lowest BCUT2D eigenvalue weighted by Crippen LogP contribution is -2.23. The Hall–Kier alpha value is -2.40. The number of aliphatic hydroxyl groups is 1. The van der Waals surface area contributed by atoms with E-state index in [9.17, 15) is 9.50 Å². The SMILES string of the molecule is CCc1cccc(NC(N)=NCC(O)c2ccccc2F)c1. The Kier molecular flexibility index (Phi) is 5.49. The summed E-state index contributed by atoms with van der Waals surface area (Å²) >= 11 is 0. The lowest BCUT2D eigenvalue weighted by atomic mass is 10.1. The van der Waals surface area contributed by atoms with E-state index in [0.29, 0.717) is 0 Å². The number of guanidine groups is 1. The number of nitrogens with zero attached hydrogens (tertiary/aromatic N) is 1. The first-order chi connectivity index (χ1) is 10.6. The molecule has 116 valence electrons. The second-order valence-corrected chi connectivity index (χ2v) is 4.94. The molecule has 4 nitrogen and oxygen atoms in total. The summed E-state index contributed by atoms with van der Waals surface area (Å²) in [5.41, 5.74) is 8.03. The Morgan fingerprint density at radius 3 is 2.77 bits per heavy atom. The molecule has 0 aromatic heterocycles. The van der Waals surface area contributed by atoms with Gasteiger partial charge in [-0.15, -0.1) is 0 Å². The van der Waals surface area contributed by atoms with Crippen molar-refractivity contribution in [1.82, 2.24) is 0 Å². The average Bonchev–Trinajstić information content (AvgIpc) is 2.53. The van der Waals surface area contributed by atoms with Gasteiger partial charge in [-0.25, -0.2) is 4.39 Å². The number of nitrogens with one attached hydrogen (secondary N) is 1. The molecule has 0 saturated heterocycles. The second kappa shape index (κ2) is 7.56. The van der Waals surface area contributed by atoms with Crippen LogP contribution < -0.4 is 11.1 Å². The van der Waals surface area contributed by atoms with Crippen LogP contribution in [-0.4, -0.2) is 17.6 Å². The van der Waals surface area contributed by atoms with Gasteiger partial charge in [-0.1, -0.05) is 37.3 Å². The van der Waals surface area contributed by atoms with E-state index in [2.05, 4.69) is 17.2 Å². The number of rotatable bonds is 5. The minimum Gasteiger partial charge on any atom is -0.386 e. The summed E-state index contributed by atoms with van der Waals surface area (Å²) in [6.45, 7) is 2.06. The topological polar surface area (TPSA) is 70.6 Å². The maximum Gasteiger partial charge on any atom is 0.193 e. The van der Waals surface area contributed by atoms with Crippen molar-refractivity contribution in [2.45, 2.75) is 19.4 Å². The van der Waals surface area contributed by atoms with Gasteiger partial charge in [-0.2, -0.15) is 0 Å². The average molecular weight is 301 g/mol. The number of aliphatic hydroxyl groups excluding tert-OH is 1. The number of nitrogens with two attached hydrogens (primary N) is 1. The van der Waals surface area contributed by atoms with Crippen LogP contribution >= 0.6 is 0 Å². The van der Waals surface area contributed by atoms with E-state index < -0.39 is 11.9 Å². The molecule has 0 aliphatic rings. The van der Waals surface area contributed by atoms with Gasteiger partial charge in [0, 0.05) is 11.3 Å². The third kappa shape index (κ3) is 4.30. The molecule has 0 spiro atoms. The Morgan fingerprint density at radius 1 is 1.27 bits per heavy atom. The minimum absolute atomic E-state index is 0.00671. The van der Waals surface area contributed by atoms with Gasteiger partial charge in [-0.3, -0.25) is 4.99 Å². The van der Waals surface area contributed by atoms with E-state index in [1.165, 1.54) is 17.7 Å². The predicted molar refractivity (Wildman–Crippen MR) is 87.3 cm³/mol. The minimum atomic E-state index is -1.02. The predicted octanol–water partition coefficient (Wildman–Crippen LogP) is 2.85. The number of hydrogen-bond donors (Lipinski definition) is 3. The van der Waals surface area contributed by atoms with E-state index in [-0.39, 0.29) is 18.1 Å². The summed E-state index contributed by atoms with van der Waals surface area (Å²) in [7, 11) is 0. The maximum absolute atomic E-state index is 13.5. The highest BCUT2D eigenvalue weighted by Gasteiger charge is 2.11. The second-order valence-electron chi connectivity index (χ2n) is 4.94. The zero-order chi connectivity index (χ0) is 15.9. The summed E-state index contributed by atoms with van der Waals surface area (Å²) in [6.07, 6.45) is -0.0954. The van der Waals surface area contributed by atoms with Crippen molar-refractivity contribution >= 4 is 11.6 Å². The Balaban J connectivity index is 1.99. The van der Waals surface area contributed by atoms with Gasteiger partial charge in [0.15, 0.2) is 5.96 Å². The molecule has 1 atom stereocenters. The van der Waals surface area contributed by atoms with Gasteiger partial charge in [0.05, 0.1) is 6.54 Å². The van der Waals surface area contributed by atoms with E-state index in [0.717, 1.165) is 12.1 Å². The molecule has 0 amide bonds. The molecule has 2 aromatic rings. The zero-order valence-electron chi connectivity index (χ0n) is 12.5. The molecular weight excluding hydrogens is 281 g/mol. The third-order valence-electron chi connectivity index (χ3n) is 3.31. The van der Waals surface area contributed by atoms with Crippen molar-refractivity contribution in [2.75, 3.05) is 11.9 Å². The Bertz CT molecular complexity index is 658. The van der Waals surface area contributed by atoms with Gasteiger partial charge in [0.2, 0.25) is 0 Å². The number of aliphatic imine (C=N–C) groups is 1. The molecule has 2 rings (SSSR count). The Labute approximate surface area is 129 Å². The first-order valence-corrected chi connectivity index (χ1v) is 7.18. The molecular formula is C17H20FN3O. The number of benzene rings is 2. The molecule has 0 saturated carbocycles. The van der Waals surface area contributed by atoms with Crippen molar-refractivity contribution in [3.63, 3.8) is 0 Å². The van der Waals surface area contributed by atoms with Gasteiger partial charge < -0.3 is 16.2 Å². The molecule has 0 bridgehead atoms. The summed E-state index contributed by atoms with van der Waals surface area (Å²) in [6, 6.07) is 13.9. The molecule has 5 heteroatoms. The lowest BCUT2D eigenvalue weighted by molar-refractivity contribution is 0.182. The van der Waals surface area contributed by atoms with E-state index >= 15 is 0 Å². The normalized spacial score (nSPS) is 13.0. The number of halogens is 1. The molecule has 2 aromatic carbocycles. The number of anilines is 1. The summed E-state index contributed by atoms with van der Waals surface area (Å²) in [5, 5.41) is 12.9. The monoisotopic (exact) mass is 301 g/mol. The first kappa shape index (κ1) is 16.0. The largest absolute Gasteiger partial charge is 0.386 e. The van der Waals surface area contributed by atoms with E-state index in [4.69, 9.17) is 5.73 Å². The number of aryl methyl sites for hydroxylation is 1. The fourth-order valence-electron chi connectivity index (χ4n) is 2.08. The van der Waals surface area contributed by atoms with Gasteiger partial charge in [-0.05, 0) is 30.2 Å². The molecule has 4 N–H and O–H groups in total. The van der Waals surface area contributed by atoms with Gasteiger partial charge >= 0.3 is 0 Å². The smallest absolute Gasteiger partial charge is 0.193 e. The van der Waals surface area contributed by atoms with Crippen molar-refractivity contribution in [2.24, 2.45) is 10.7 Å². The van der Waals surface area contributed by atoms with Crippen molar-refractivity contribution in [3.05, 3.63) is 65.5 Å².